The van der Waals surface area contributed by atoms with Gasteiger partial charge in [0.25, 0.3) is 0 Å². The Morgan fingerprint density at radius 3 is 2.60 bits per heavy atom. The zero-order chi connectivity index (χ0) is 10.7. The molecule has 1 aliphatic carbocycles. The summed E-state index contributed by atoms with van der Waals surface area (Å²) in [5.74, 6) is 1.05. The Balaban J connectivity index is 1.85. The largest absolute Gasteiger partial charge is 0.327 e. The SMILES string of the molecule is NC1CCCC1SCc1ccc(Cl)cc1. The van der Waals surface area contributed by atoms with Crippen LogP contribution in [0, 0.1) is 0 Å². The van der Waals surface area contributed by atoms with Crippen LogP contribution in [0.3, 0.4) is 0 Å². The molecule has 0 aromatic heterocycles. The van der Waals surface area contributed by atoms with Gasteiger partial charge in [0, 0.05) is 22.1 Å². The van der Waals surface area contributed by atoms with Crippen LogP contribution in [0.2, 0.25) is 5.02 Å². The maximum atomic E-state index is 6.03. The van der Waals surface area contributed by atoms with Gasteiger partial charge in [0.2, 0.25) is 0 Å². The van der Waals surface area contributed by atoms with Gasteiger partial charge in [-0.3, -0.25) is 0 Å². The van der Waals surface area contributed by atoms with Gasteiger partial charge in [0.05, 0.1) is 0 Å². The molecule has 1 fully saturated rings. The first-order chi connectivity index (χ1) is 7.25. The van der Waals surface area contributed by atoms with Crippen LogP contribution in [0.15, 0.2) is 24.3 Å². The Kier molecular flexibility index (Phi) is 3.95. The molecule has 0 amide bonds. The predicted molar refractivity (Wildman–Crippen MR) is 68.4 cm³/mol. The van der Waals surface area contributed by atoms with E-state index in [0.29, 0.717) is 11.3 Å². The van der Waals surface area contributed by atoms with Crippen LogP contribution >= 0.6 is 23.4 Å². The van der Waals surface area contributed by atoms with E-state index in [2.05, 4.69) is 12.1 Å². The summed E-state index contributed by atoms with van der Waals surface area (Å²) >= 11 is 7.82. The van der Waals surface area contributed by atoms with Gasteiger partial charge in [-0.2, -0.15) is 11.8 Å². The summed E-state index contributed by atoms with van der Waals surface area (Å²) < 4.78 is 0. The van der Waals surface area contributed by atoms with Crippen molar-refractivity contribution in [2.24, 2.45) is 5.73 Å². The number of nitrogens with two attached hydrogens (primary N) is 1. The fraction of sp³-hybridized carbons (Fsp3) is 0.500. The second kappa shape index (κ2) is 5.24. The third-order valence-corrected chi connectivity index (χ3v) is 4.65. The molecule has 0 heterocycles. The van der Waals surface area contributed by atoms with E-state index in [1.165, 1.54) is 24.8 Å². The molecule has 0 aliphatic heterocycles. The van der Waals surface area contributed by atoms with Gasteiger partial charge < -0.3 is 5.73 Å². The molecule has 1 nitrogen and oxygen atoms in total. The second-order valence-electron chi connectivity index (χ2n) is 4.07. The van der Waals surface area contributed by atoms with E-state index in [4.69, 9.17) is 17.3 Å². The predicted octanol–water partition coefficient (Wildman–Crippen LogP) is 3.45. The molecule has 0 bridgehead atoms. The number of rotatable bonds is 3. The van der Waals surface area contributed by atoms with Crippen LogP contribution in [-0.4, -0.2) is 11.3 Å². The van der Waals surface area contributed by atoms with E-state index in [1.807, 2.05) is 23.9 Å². The van der Waals surface area contributed by atoms with Crippen LogP contribution in [0.1, 0.15) is 24.8 Å². The third-order valence-electron chi connectivity index (χ3n) is 2.88. The van der Waals surface area contributed by atoms with Gasteiger partial charge in [-0.15, -0.1) is 0 Å². The van der Waals surface area contributed by atoms with E-state index in [9.17, 15) is 0 Å². The Morgan fingerprint density at radius 1 is 1.27 bits per heavy atom. The molecule has 2 atom stereocenters. The van der Waals surface area contributed by atoms with Gasteiger partial charge in [0.1, 0.15) is 0 Å². The molecule has 0 saturated heterocycles. The lowest BCUT2D eigenvalue weighted by molar-refractivity contribution is 0.716. The summed E-state index contributed by atoms with van der Waals surface area (Å²) in [5.41, 5.74) is 7.36. The number of hydrogen-bond donors (Lipinski definition) is 1. The van der Waals surface area contributed by atoms with Crippen LogP contribution in [0.25, 0.3) is 0 Å². The van der Waals surface area contributed by atoms with Gasteiger partial charge in [-0.25, -0.2) is 0 Å². The molecule has 1 aromatic carbocycles. The number of thioether (sulfide) groups is 1. The molecule has 15 heavy (non-hydrogen) atoms. The van der Waals surface area contributed by atoms with Crippen molar-refractivity contribution >= 4 is 23.4 Å². The molecule has 82 valence electrons. The van der Waals surface area contributed by atoms with Gasteiger partial charge in [-0.05, 0) is 30.5 Å². The highest BCUT2D eigenvalue weighted by atomic mass is 35.5. The highest BCUT2D eigenvalue weighted by molar-refractivity contribution is 7.99. The summed E-state index contributed by atoms with van der Waals surface area (Å²) in [7, 11) is 0. The maximum Gasteiger partial charge on any atom is 0.0406 e. The van der Waals surface area contributed by atoms with Crippen LogP contribution in [0.5, 0.6) is 0 Å². The standard InChI is InChI=1S/C12H16ClNS/c13-10-6-4-9(5-7-10)8-15-12-3-1-2-11(12)14/h4-7,11-12H,1-3,8,14H2. The van der Waals surface area contributed by atoms with Crippen molar-refractivity contribution in [3.63, 3.8) is 0 Å². The highest BCUT2D eigenvalue weighted by Crippen LogP contribution is 2.31. The molecule has 1 saturated carbocycles. The van der Waals surface area contributed by atoms with Crippen LogP contribution in [0.4, 0.5) is 0 Å². The highest BCUT2D eigenvalue weighted by Gasteiger charge is 2.23. The van der Waals surface area contributed by atoms with Crippen LogP contribution < -0.4 is 5.73 Å². The summed E-state index contributed by atoms with van der Waals surface area (Å²) in [5, 5.41) is 1.46. The minimum absolute atomic E-state index is 0.405. The van der Waals surface area contributed by atoms with Crippen molar-refractivity contribution in [2.75, 3.05) is 0 Å². The van der Waals surface area contributed by atoms with E-state index in [1.54, 1.807) is 0 Å². The monoisotopic (exact) mass is 241 g/mol. The van der Waals surface area contributed by atoms with Crippen molar-refractivity contribution in [3.8, 4) is 0 Å². The summed E-state index contributed by atoms with van der Waals surface area (Å²) in [6, 6.07) is 8.49. The van der Waals surface area contributed by atoms with E-state index in [-0.39, 0.29) is 0 Å². The number of hydrogen-bond acceptors (Lipinski definition) is 2. The van der Waals surface area contributed by atoms with E-state index >= 15 is 0 Å². The molecular formula is C12H16ClNS. The van der Waals surface area contributed by atoms with Gasteiger partial charge in [-0.1, -0.05) is 30.2 Å². The second-order valence-corrected chi connectivity index (χ2v) is 5.73. The van der Waals surface area contributed by atoms with Crippen molar-refractivity contribution < 1.29 is 0 Å². The number of benzene rings is 1. The summed E-state index contributed by atoms with van der Waals surface area (Å²) in [4.78, 5) is 0. The molecule has 2 rings (SSSR count). The topological polar surface area (TPSA) is 26.0 Å². The zero-order valence-corrected chi connectivity index (χ0v) is 10.2. The van der Waals surface area contributed by atoms with Crippen molar-refractivity contribution in [1.82, 2.24) is 0 Å². The van der Waals surface area contributed by atoms with Gasteiger partial charge in [0.15, 0.2) is 0 Å². The lowest BCUT2D eigenvalue weighted by atomic mass is 10.2. The number of halogens is 1. The molecular weight excluding hydrogens is 226 g/mol. The quantitative estimate of drug-likeness (QED) is 0.877. The Hall–Kier alpha value is -0.180. The first-order valence-electron chi connectivity index (χ1n) is 5.37. The van der Waals surface area contributed by atoms with Crippen LogP contribution in [-0.2, 0) is 5.75 Å². The fourth-order valence-electron chi connectivity index (χ4n) is 1.95. The van der Waals surface area contributed by atoms with Crippen molar-refractivity contribution in [1.29, 1.82) is 0 Å². The minimum Gasteiger partial charge on any atom is -0.327 e. The minimum atomic E-state index is 0.405. The average Bonchev–Trinajstić information content (AvgIpc) is 2.63. The Bertz CT molecular complexity index is 312. The third kappa shape index (κ3) is 3.13. The lowest BCUT2D eigenvalue weighted by Gasteiger charge is -2.14. The summed E-state index contributed by atoms with van der Waals surface area (Å²) in [6.07, 6.45) is 3.76. The van der Waals surface area contributed by atoms with Crippen molar-refractivity contribution in [3.05, 3.63) is 34.9 Å². The molecule has 0 spiro atoms. The maximum absolute atomic E-state index is 6.03. The molecule has 3 heteroatoms. The Morgan fingerprint density at radius 2 is 2.00 bits per heavy atom. The molecule has 0 radical (unpaired) electrons. The fourth-order valence-corrected chi connectivity index (χ4v) is 3.39. The Labute approximate surface area is 100 Å². The summed E-state index contributed by atoms with van der Waals surface area (Å²) in [6.45, 7) is 0. The smallest absolute Gasteiger partial charge is 0.0406 e. The van der Waals surface area contributed by atoms with Crippen molar-refractivity contribution in [2.45, 2.75) is 36.3 Å². The first-order valence-corrected chi connectivity index (χ1v) is 6.80. The first kappa shape index (κ1) is 11.3. The molecule has 2 N–H and O–H groups in total. The van der Waals surface area contributed by atoms with Gasteiger partial charge >= 0.3 is 0 Å². The average molecular weight is 242 g/mol. The van der Waals surface area contributed by atoms with E-state index in [0.717, 1.165) is 10.8 Å². The normalized spacial score (nSPS) is 25.7. The van der Waals surface area contributed by atoms with E-state index < -0.39 is 0 Å². The zero-order valence-electron chi connectivity index (χ0n) is 8.66. The molecule has 1 aromatic rings. The lowest BCUT2D eigenvalue weighted by Crippen LogP contribution is -2.26. The molecule has 1 aliphatic rings. The molecule has 2 unspecified atom stereocenters.